The third kappa shape index (κ3) is 3.79. The maximum Gasteiger partial charge on any atom is 0.374 e. The Morgan fingerprint density at radius 1 is 1.26 bits per heavy atom. The first kappa shape index (κ1) is 20.0. The maximum absolute atomic E-state index is 12.4. The average Bonchev–Trinajstić information content (AvgIpc) is 2.81. The van der Waals surface area contributed by atoms with Crippen molar-refractivity contribution in [1.29, 1.82) is 0 Å². The van der Waals surface area contributed by atoms with E-state index in [1.54, 1.807) is 25.4 Å². The average molecular weight is 422 g/mol. The predicted molar refractivity (Wildman–Crippen MR) is 113 cm³/mol. The molecule has 162 valence electrons. The van der Waals surface area contributed by atoms with Gasteiger partial charge in [0, 0.05) is 24.4 Å². The molecule has 0 spiro atoms. The number of nitrogens with zero attached hydrogens (tertiary/aromatic N) is 2. The van der Waals surface area contributed by atoms with Crippen LogP contribution in [0, 0.1) is 11.8 Å². The zero-order valence-electron chi connectivity index (χ0n) is 17.6. The van der Waals surface area contributed by atoms with Gasteiger partial charge in [-0.1, -0.05) is 18.2 Å². The Bertz CT molecular complexity index is 979. The summed E-state index contributed by atoms with van der Waals surface area (Å²) in [5.74, 6) is 1.38. The molecule has 1 aliphatic carbocycles. The highest BCUT2D eigenvalue weighted by Crippen LogP contribution is 2.43. The summed E-state index contributed by atoms with van der Waals surface area (Å²) in [4.78, 5) is 29.6. The molecule has 1 saturated heterocycles. The maximum atomic E-state index is 12.4. The number of likely N-dealkylation sites (tertiary alicyclic amines) is 1. The van der Waals surface area contributed by atoms with E-state index in [2.05, 4.69) is 35.1 Å². The molecule has 7 nitrogen and oxygen atoms in total. The normalized spacial score (nSPS) is 29.2. The molecule has 3 heterocycles. The number of likely N-dealkylation sites (N-methyl/N-ethyl adjacent to an activating group) is 1. The summed E-state index contributed by atoms with van der Waals surface area (Å²) in [6, 6.07) is 9.81. The van der Waals surface area contributed by atoms with Crippen molar-refractivity contribution in [3.8, 4) is 11.5 Å². The standard InChI is InChI=1S/C24H26N2O5/c1-26-11-9-18-17-6-8-21(30-31-24(27)16-4-3-10-25-14-16)23(18)29-22-13-15(12-19(17)26)5-7-20(22)28-2/h3-8,10,13-14,17-19,21,23H,9,11-12H2,1-2H3/t17-,18+,19-,21+,23-/m1/s1. The quantitative estimate of drug-likeness (QED) is 0.426. The molecule has 6 bridgehead atoms. The molecule has 1 aromatic carbocycles. The minimum atomic E-state index is -0.576. The highest BCUT2D eigenvalue weighted by Gasteiger charge is 2.47. The summed E-state index contributed by atoms with van der Waals surface area (Å²) in [6.07, 6.45) is 8.33. The van der Waals surface area contributed by atoms with E-state index in [0.29, 0.717) is 29.0 Å². The van der Waals surface area contributed by atoms with Crippen LogP contribution in [0.3, 0.4) is 0 Å². The van der Waals surface area contributed by atoms with Crippen molar-refractivity contribution in [2.45, 2.75) is 31.1 Å². The van der Waals surface area contributed by atoms with E-state index in [4.69, 9.17) is 19.2 Å². The van der Waals surface area contributed by atoms with Crippen LogP contribution in [-0.2, 0) is 16.2 Å². The molecule has 1 aromatic heterocycles. The van der Waals surface area contributed by atoms with E-state index in [1.807, 2.05) is 12.1 Å². The number of rotatable bonds is 4. The lowest BCUT2D eigenvalue weighted by Crippen LogP contribution is -2.55. The van der Waals surface area contributed by atoms with Crippen LogP contribution in [0.4, 0.5) is 0 Å². The van der Waals surface area contributed by atoms with Gasteiger partial charge in [-0.15, -0.1) is 0 Å². The van der Waals surface area contributed by atoms with E-state index < -0.39 is 12.1 Å². The number of hydrogen-bond donors (Lipinski definition) is 0. The summed E-state index contributed by atoms with van der Waals surface area (Å²) in [5.41, 5.74) is 1.55. The molecule has 5 rings (SSSR count). The van der Waals surface area contributed by atoms with Crippen molar-refractivity contribution in [2.24, 2.45) is 11.8 Å². The highest BCUT2D eigenvalue weighted by molar-refractivity contribution is 5.88. The van der Waals surface area contributed by atoms with Gasteiger partial charge in [0.15, 0.2) is 17.6 Å². The highest BCUT2D eigenvalue weighted by atomic mass is 17.2. The fourth-order valence-corrected chi connectivity index (χ4v) is 5.03. The van der Waals surface area contributed by atoms with Gasteiger partial charge in [0.2, 0.25) is 0 Å². The summed E-state index contributed by atoms with van der Waals surface area (Å²) in [7, 11) is 3.83. The largest absolute Gasteiger partial charge is 0.493 e. The predicted octanol–water partition coefficient (Wildman–Crippen LogP) is 3.06. The Balaban J connectivity index is 1.44. The number of ether oxygens (including phenoxy) is 2. The van der Waals surface area contributed by atoms with Crippen molar-refractivity contribution < 1.29 is 24.0 Å². The summed E-state index contributed by atoms with van der Waals surface area (Å²) in [6.45, 7) is 0.981. The van der Waals surface area contributed by atoms with Gasteiger partial charge < -0.3 is 14.4 Å². The topological polar surface area (TPSA) is 70.1 Å². The molecule has 2 aliphatic heterocycles. The number of carbonyl (C=O) groups is 1. The van der Waals surface area contributed by atoms with Crippen LogP contribution < -0.4 is 9.47 Å². The van der Waals surface area contributed by atoms with Gasteiger partial charge in [-0.25, -0.2) is 4.79 Å². The summed E-state index contributed by atoms with van der Waals surface area (Å²) in [5, 5.41) is 0. The first-order valence-electron chi connectivity index (χ1n) is 10.6. The Morgan fingerprint density at radius 3 is 2.97 bits per heavy atom. The van der Waals surface area contributed by atoms with Gasteiger partial charge in [-0.3, -0.25) is 9.87 Å². The third-order valence-corrected chi connectivity index (χ3v) is 6.66. The van der Waals surface area contributed by atoms with Gasteiger partial charge in [0.1, 0.15) is 6.10 Å². The van der Waals surface area contributed by atoms with Gasteiger partial charge in [0.05, 0.1) is 12.7 Å². The number of hydrogen-bond acceptors (Lipinski definition) is 7. The third-order valence-electron chi connectivity index (χ3n) is 6.66. The van der Waals surface area contributed by atoms with Gasteiger partial charge >= 0.3 is 5.97 Å². The van der Waals surface area contributed by atoms with Gasteiger partial charge in [-0.05, 0) is 62.2 Å². The molecule has 7 heteroatoms. The zero-order chi connectivity index (χ0) is 21.4. The molecular formula is C24H26N2O5. The second-order valence-electron chi connectivity index (χ2n) is 8.41. The minimum absolute atomic E-state index is 0.243. The van der Waals surface area contributed by atoms with Crippen molar-refractivity contribution in [2.75, 3.05) is 20.7 Å². The van der Waals surface area contributed by atoms with Crippen molar-refractivity contribution in [3.63, 3.8) is 0 Å². The first-order chi connectivity index (χ1) is 15.1. The second kappa shape index (κ2) is 8.32. The lowest BCUT2D eigenvalue weighted by atomic mass is 9.71. The SMILES string of the molecule is COc1ccc2cc1O[C@@H]1[C@H]3CCN(C)[C@H](C2)[C@@H]3C=C[C@@H]1OOC(=O)c1cccnc1. The van der Waals surface area contributed by atoms with Crippen LogP contribution in [0.2, 0.25) is 0 Å². The molecule has 5 atom stereocenters. The Kier molecular flexibility index (Phi) is 5.38. The van der Waals surface area contributed by atoms with E-state index in [-0.39, 0.29) is 12.0 Å². The van der Waals surface area contributed by atoms with Crippen LogP contribution in [-0.4, -0.2) is 54.8 Å². The van der Waals surface area contributed by atoms with Crippen LogP contribution in [0.15, 0.2) is 54.9 Å². The molecule has 0 radical (unpaired) electrons. The lowest BCUT2D eigenvalue weighted by molar-refractivity contribution is -0.284. The van der Waals surface area contributed by atoms with E-state index >= 15 is 0 Å². The molecule has 0 amide bonds. The number of pyridine rings is 1. The Hall–Kier alpha value is -2.90. The van der Waals surface area contributed by atoms with Crippen LogP contribution >= 0.6 is 0 Å². The first-order valence-corrected chi connectivity index (χ1v) is 10.6. The molecule has 0 unspecified atom stereocenters. The zero-order valence-corrected chi connectivity index (χ0v) is 17.6. The number of aromatic nitrogens is 1. The number of methoxy groups -OCH3 is 1. The van der Waals surface area contributed by atoms with Gasteiger partial charge in [-0.2, -0.15) is 4.89 Å². The molecule has 1 fully saturated rings. The molecule has 0 N–H and O–H groups in total. The number of piperidine rings is 1. The molecule has 2 aromatic rings. The minimum Gasteiger partial charge on any atom is -0.493 e. The number of benzene rings is 1. The van der Waals surface area contributed by atoms with Crippen LogP contribution in [0.5, 0.6) is 11.5 Å². The monoisotopic (exact) mass is 422 g/mol. The van der Waals surface area contributed by atoms with Crippen LogP contribution in [0.25, 0.3) is 0 Å². The van der Waals surface area contributed by atoms with E-state index in [1.165, 1.54) is 11.8 Å². The van der Waals surface area contributed by atoms with E-state index in [9.17, 15) is 4.79 Å². The second-order valence-corrected chi connectivity index (χ2v) is 8.41. The summed E-state index contributed by atoms with van der Waals surface area (Å²) >= 11 is 0. The lowest BCUT2D eigenvalue weighted by Gasteiger charge is -2.47. The number of carbonyl (C=O) groups excluding carboxylic acids is 1. The van der Waals surface area contributed by atoms with E-state index in [0.717, 1.165) is 19.4 Å². The smallest absolute Gasteiger partial charge is 0.374 e. The molecular weight excluding hydrogens is 396 g/mol. The Morgan fingerprint density at radius 2 is 2.16 bits per heavy atom. The Labute approximate surface area is 181 Å². The van der Waals surface area contributed by atoms with Gasteiger partial charge in [0.25, 0.3) is 0 Å². The fraction of sp³-hybridized carbons (Fsp3) is 0.417. The molecule has 3 aliphatic rings. The van der Waals surface area contributed by atoms with Crippen molar-refractivity contribution >= 4 is 5.97 Å². The van der Waals surface area contributed by atoms with Crippen molar-refractivity contribution in [1.82, 2.24) is 9.88 Å². The van der Waals surface area contributed by atoms with Crippen molar-refractivity contribution in [3.05, 3.63) is 66.0 Å². The fourth-order valence-electron chi connectivity index (χ4n) is 5.03. The van der Waals surface area contributed by atoms with Crippen LogP contribution in [0.1, 0.15) is 22.3 Å². The molecule has 31 heavy (non-hydrogen) atoms. The molecule has 0 saturated carbocycles. The number of fused-ring (bicyclic) bond motifs is 2. The summed E-state index contributed by atoms with van der Waals surface area (Å²) < 4.78 is 12.1.